The van der Waals surface area contributed by atoms with Crippen molar-refractivity contribution >= 4 is 0 Å². The number of nitrogens with one attached hydrogen (secondary N) is 1. The molecule has 2 atom stereocenters. The number of nitrogens with zero attached hydrogens (tertiary/aromatic N) is 2. The summed E-state index contributed by atoms with van der Waals surface area (Å²) in [5.74, 6) is 1.92. The molecule has 0 radical (unpaired) electrons. The number of ether oxygens (including phenoxy) is 1. The average Bonchev–Trinajstić information content (AvgIpc) is 2.76. The fourth-order valence-electron chi connectivity index (χ4n) is 2.15. The lowest BCUT2D eigenvalue weighted by Crippen LogP contribution is -2.33. The molecule has 0 amide bonds. The Kier molecular flexibility index (Phi) is 2.26. The van der Waals surface area contributed by atoms with Gasteiger partial charge in [0.15, 0.2) is 5.82 Å². The SMILES string of the molecule is CC1(C)CC1c1noc(C2CNCCO2)n1. The van der Waals surface area contributed by atoms with Gasteiger partial charge in [-0.2, -0.15) is 4.98 Å². The largest absolute Gasteiger partial charge is 0.366 e. The lowest BCUT2D eigenvalue weighted by Gasteiger charge is -2.19. The number of hydrogen-bond donors (Lipinski definition) is 1. The van der Waals surface area contributed by atoms with Crippen molar-refractivity contribution in [3.05, 3.63) is 11.7 Å². The van der Waals surface area contributed by atoms with Gasteiger partial charge in [-0.1, -0.05) is 19.0 Å². The zero-order valence-corrected chi connectivity index (χ0v) is 9.69. The van der Waals surface area contributed by atoms with E-state index in [0.717, 1.165) is 25.3 Å². The molecule has 1 aromatic rings. The molecular formula is C11H17N3O2. The van der Waals surface area contributed by atoms with Crippen LogP contribution in [0.15, 0.2) is 4.52 Å². The lowest BCUT2D eigenvalue weighted by molar-refractivity contribution is 0.00755. The summed E-state index contributed by atoms with van der Waals surface area (Å²) in [6, 6.07) is 0. The third-order valence-corrected chi connectivity index (χ3v) is 3.49. The lowest BCUT2D eigenvalue weighted by atomic mass is 10.1. The molecular weight excluding hydrogens is 206 g/mol. The highest BCUT2D eigenvalue weighted by Gasteiger charge is 2.49. The summed E-state index contributed by atoms with van der Waals surface area (Å²) >= 11 is 0. The van der Waals surface area contributed by atoms with E-state index in [1.165, 1.54) is 0 Å². The van der Waals surface area contributed by atoms with Crippen LogP contribution in [-0.2, 0) is 4.74 Å². The van der Waals surface area contributed by atoms with E-state index in [9.17, 15) is 0 Å². The van der Waals surface area contributed by atoms with Crippen molar-refractivity contribution in [2.24, 2.45) is 5.41 Å². The first-order chi connectivity index (χ1) is 7.67. The monoisotopic (exact) mass is 223 g/mol. The second kappa shape index (κ2) is 3.53. The molecule has 0 spiro atoms. The van der Waals surface area contributed by atoms with Crippen molar-refractivity contribution in [2.75, 3.05) is 19.7 Å². The number of morpholine rings is 1. The fourth-order valence-corrected chi connectivity index (χ4v) is 2.15. The molecule has 1 saturated heterocycles. The Hall–Kier alpha value is -0.940. The van der Waals surface area contributed by atoms with Crippen molar-refractivity contribution in [1.29, 1.82) is 0 Å². The predicted molar refractivity (Wildman–Crippen MR) is 57.0 cm³/mol. The quantitative estimate of drug-likeness (QED) is 0.817. The van der Waals surface area contributed by atoms with Gasteiger partial charge in [0.2, 0.25) is 0 Å². The molecule has 5 nitrogen and oxygen atoms in total. The molecule has 1 aliphatic carbocycles. The molecule has 2 aliphatic rings. The van der Waals surface area contributed by atoms with Crippen LogP contribution in [0.1, 0.15) is 44.0 Å². The first-order valence-electron chi connectivity index (χ1n) is 5.83. The minimum absolute atomic E-state index is 0.0723. The van der Waals surface area contributed by atoms with E-state index in [2.05, 4.69) is 29.3 Å². The second-order valence-electron chi connectivity index (χ2n) is 5.30. The Morgan fingerprint density at radius 2 is 2.25 bits per heavy atom. The van der Waals surface area contributed by atoms with Gasteiger partial charge in [0.25, 0.3) is 5.89 Å². The minimum Gasteiger partial charge on any atom is -0.366 e. The van der Waals surface area contributed by atoms with Gasteiger partial charge < -0.3 is 14.6 Å². The number of hydrogen-bond acceptors (Lipinski definition) is 5. The Morgan fingerprint density at radius 1 is 1.44 bits per heavy atom. The molecule has 2 unspecified atom stereocenters. The van der Waals surface area contributed by atoms with Crippen LogP contribution < -0.4 is 5.32 Å². The van der Waals surface area contributed by atoms with Crippen molar-refractivity contribution < 1.29 is 9.26 Å². The molecule has 0 aromatic carbocycles. The van der Waals surface area contributed by atoms with Crippen molar-refractivity contribution in [3.8, 4) is 0 Å². The zero-order valence-electron chi connectivity index (χ0n) is 9.69. The average molecular weight is 223 g/mol. The Bertz CT molecular complexity index is 382. The van der Waals surface area contributed by atoms with E-state index in [4.69, 9.17) is 9.26 Å². The Morgan fingerprint density at radius 3 is 2.88 bits per heavy atom. The highest BCUT2D eigenvalue weighted by molar-refractivity contribution is 5.14. The Balaban J connectivity index is 1.72. The molecule has 16 heavy (non-hydrogen) atoms. The van der Waals surface area contributed by atoms with Gasteiger partial charge in [-0.25, -0.2) is 0 Å². The molecule has 1 N–H and O–H groups in total. The highest BCUT2D eigenvalue weighted by Crippen LogP contribution is 2.57. The van der Waals surface area contributed by atoms with Crippen LogP contribution in [0.25, 0.3) is 0 Å². The van der Waals surface area contributed by atoms with Gasteiger partial charge in [-0.3, -0.25) is 0 Å². The van der Waals surface area contributed by atoms with E-state index >= 15 is 0 Å². The van der Waals surface area contributed by atoms with Crippen LogP contribution in [0, 0.1) is 5.41 Å². The first-order valence-corrected chi connectivity index (χ1v) is 5.83. The zero-order chi connectivity index (χ0) is 11.2. The van der Waals surface area contributed by atoms with E-state index < -0.39 is 0 Å². The summed E-state index contributed by atoms with van der Waals surface area (Å²) in [6.07, 6.45) is 1.08. The summed E-state index contributed by atoms with van der Waals surface area (Å²) in [7, 11) is 0. The molecule has 3 rings (SSSR count). The topological polar surface area (TPSA) is 60.2 Å². The van der Waals surface area contributed by atoms with Gasteiger partial charge >= 0.3 is 0 Å². The van der Waals surface area contributed by atoms with Crippen molar-refractivity contribution in [1.82, 2.24) is 15.5 Å². The van der Waals surface area contributed by atoms with Gasteiger partial charge in [-0.05, 0) is 11.8 Å². The number of rotatable bonds is 2. The molecule has 88 valence electrons. The van der Waals surface area contributed by atoms with Crippen LogP contribution >= 0.6 is 0 Å². The summed E-state index contributed by atoms with van der Waals surface area (Å²) in [6.45, 7) is 6.82. The maximum Gasteiger partial charge on any atom is 0.257 e. The normalized spacial score (nSPS) is 32.6. The van der Waals surface area contributed by atoms with Crippen molar-refractivity contribution in [2.45, 2.75) is 32.3 Å². The Labute approximate surface area is 94.6 Å². The van der Waals surface area contributed by atoms with Gasteiger partial charge in [0, 0.05) is 19.0 Å². The fraction of sp³-hybridized carbons (Fsp3) is 0.818. The first kappa shape index (κ1) is 10.2. The maximum absolute atomic E-state index is 5.57. The summed E-state index contributed by atoms with van der Waals surface area (Å²) in [5.41, 5.74) is 0.340. The van der Waals surface area contributed by atoms with E-state index in [1.54, 1.807) is 0 Å². The van der Waals surface area contributed by atoms with Gasteiger partial charge in [-0.15, -0.1) is 0 Å². The maximum atomic E-state index is 5.57. The van der Waals surface area contributed by atoms with Crippen LogP contribution in [-0.4, -0.2) is 29.8 Å². The van der Waals surface area contributed by atoms with Crippen LogP contribution in [0.2, 0.25) is 0 Å². The van der Waals surface area contributed by atoms with Crippen LogP contribution in [0.3, 0.4) is 0 Å². The molecule has 2 fully saturated rings. The van der Waals surface area contributed by atoms with E-state index in [1.807, 2.05) is 0 Å². The van der Waals surface area contributed by atoms with Crippen LogP contribution in [0.5, 0.6) is 0 Å². The van der Waals surface area contributed by atoms with Crippen LogP contribution in [0.4, 0.5) is 0 Å². The standard InChI is InChI=1S/C11H17N3O2/c1-11(2)5-7(11)9-13-10(16-14-9)8-6-12-3-4-15-8/h7-8,12H,3-6H2,1-2H3. The van der Waals surface area contributed by atoms with E-state index in [0.29, 0.717) is 23.8 Å². The highest BCUT2D eigenvalue weighted by atomic mass is 16.5. The molecule has 2 heterocycles. The van der Waals surface area contributed by atoms with E-state index in [-0.39, 0.29) is 6.10 Å². The minimum atomic E-state index is -0.0723. The third-order valence-electron chi connectivity index (χ3n) is 3.49. The van der Waals surface area contributed by atoms with Gasteiger partial charge in [0.05, 0.1) is 6.61 Å². The number of aromatic nitrogens is 2. The molecule has 1 saturated carbocycles. The smallest absolute Gasteiger partial charge is 0.257 e. The summed E-state index contributed by atoms with van der Waals surface area (Å²) in [4.78, 5) is 4.45. The second-order valence-corrected chi connectivity index (χ2v) is 5.30. The molecule has 5 heteroatoms. The third kappa shape index (κ3) is 1.74. The predicted octanol–water partition coefficient (Wildman–Crippen LogP) is 1.24. The molecule has 1 aliphatic heterocycles. The van der Waals surface area contributed by atoms with Gasteiger partial charge in [0.1, 0.15) is 6.10 Å². The van der Waals surface area contributed by atoms with Crippen molar-refractivity contribution in [3.63, 3.8) is 0 Å². The molecule has 0 bridgehead atoms. The molecule has 1 aromatic heterocycles. The summed E-state index contributed by atoms with van der Waals surface area (Å²) < 4.78 is 10.8. The summed E-state index contributed by atoms with van der Waals surface area (Å²) in [5, 5.41) is 7.31.